The largest absolute Gasteiger partial charge is 0.345 e. The van der Waals surface area contributed by atoms with Crippen LogP contribution in [0.15, 0.2) is 67.0 Å². The van der Waals surface area contributed by atoms with Gasteiger partial charge >= 0.3 is 0 Å². The lowest BCUT2D eigenvalue weighted by molar-refractivity contribution is 0.0939. The predicted molar refractivity (Wildman–Crippen MR) is 110 cm³/mol. The molecule has 1 unspecified atom stereocenters. The van der Waals surface area contributed by atoms with Crippen LogP contribution in [0.4, 0.5) is 5.69 Å². The van der Waals surface area contributed by atoms with Gasteiger partial charge in [-0.15, -0.1) is 0 Å². The van der Waals surface area contributed by atoms with Crippen LogP contribution in [0.25, 0.3) is 0 Å². The average molecular weight is 373 g/mol. The van der Waals surface area contributed by atoms with Gasteiger partial charge in [0.25, 0.3) is 11.8 Å². The molecule has 0 spiro atoms. The van der Waals surface area contributed by atoms with Crippen LogP contribution in [0.3, 0.4) is 0 Å². The van der Waals surface area contributed by atoms with E-state index in [-0.39, 0.29) is 17.9 Å². The van der Waals surface area contributed by atoms with E-state index in [0.717, 1.165) is 22.4 Å². The first kappa shape index (κ1) is 19.3. The molecule has 2 amide bonds. The number of benzene rings is 2. The van der Waals surface area contributed by atoms with E-state index >= 15 is 0 Å². The fraction of sp³-hybridized carbons (Fsp3) is 0.174. The number of nitrogens with one attached hydrogen (secondary N) is 2. The van der Waals surface area contributed by atoms with Gasteiger partial charge in [0.1, 0.15) is 0 Å². The van der Waals surface area contributed by atoms with E-state index < -0.39 is 0 Å². The van der Waals surface area contributed by atoms with E-state index in [1.165, 1.54) is 12.4 Å². The highest BCUT2D eigenvalue weighted by Gasteiger charge is 2.15. The summed E-state index contributed by atoms with van der Waals surface area (Å²) in [6.45, 7) is 5.81. The van der Waals surface area contributed by atoms with E-state index in [1.807, 2.05) is 69.3 Å². The van der Waals surface area contributed by atoms with Crippen molar-refractivity contribution in [2.75, 3.05) is 5.32 Å². The predicted octanol–water partition coefficient (Wildman–Crippen LogP) is 4.44. The summed E-state index contributed by atoms with van der Waals surface area (Å²) in [7, 11) is 0. The number of pyridine rings is 1. The van der Waals surface area contributed by atoms with Gasteiger partial charge in [0.2, 0.25) is 0 Å². The second-order valence-electron chi connectivity index (χ2n) is 6.84. The van der Waals surface area contributed by atoms with Crippen molar-refractivity contribution in [3.8, 4) is 0 Å². The van der Waals surface area contributed by atoms with Crippen molar-refractivity contribution in [2.45, 2.75) is 26.8 Å². The minimum atomic E-state index is -0.299. The lowest BCUT2D eigenvalue weighted by Crippen LogP contribution is -2.27. The van der Waals surface area contributed by atoms with Crippen molar-refractivity contribution in [1.29, 1.82) is 0 Å². The van der Waals surface area contributed by atoms with Crippen LogP contribution in [0, 0.1) is 13.8 Å². The third-order valence-electron chi connectivity index (χ3n) is 4.55. The lowest BCUT2D eigenvalue weighted by atomic mass is 10.1. The maximum Gasteiger partial charge on any atom is 0.257 e. The van der Waals surface area contributed by atoms with E-state index in [9.17, 15) is 9.59 Å². The van der Waals surface area contributed by atoms with E-state index in [1.54, 1.807) is 6.07 Å². The number of amides is 2. The highest BCUT2D eigenvalue weighted by Crippen LogP contribution is 2.18. The van der Waals surface area contributed by atoms with Crippen LogP contribution in [-0.2, 0) is 0 Å². The molecule has 0 fully saturated rings. The van der Waals surface area contributed by atoms with E-state index in [4.69, 9.17) is 0 Å². The van der Waals surface area contributed by atoms with Crippen LogP contribution in [0.5, 0.6) is 0 Å². The molecule has 2 aromatic carbocycles. The molecule has 3 aromatic rings. The van der Waals surface area contributed by atoms with Gasteiger partial charge < -0.3 is 10.6 Å². The molecule has 5 heteroatoms. The first-order valence-electron chi connectivity index (χ1n) is 9.13. The maximum absolute atomic E-state index is 12.6. The molecule has 0 radical (unpaired) electrons. The van der Waals surface area contributed by atoms with Gasteiger partial charge in [0.05, 0.1) is 17.2 Å². The number of rotatable bonds is 5. The smallest absolute Gasteiger partial charge is 0.257 e. The molecule has 0 saturated heterocycles. The summed E-state index contributed by atoms with van der Waals surface area (Å²) in [5.74, 6) is -0.572. The molecule has 1 heterocycles. The van der Waals surface area contributed by atoms with Gasteiger partial charge in [-0.1, -0.05) is 42.5 Å². The van der Waals surface area contributed by atoms with Gasteiger partial charge in [-0.05, 0) is 49.6 Å². The average Bonchev–Trinajstić information content (AvgIpc) is 2.71. The quantitative estimate of drug-likeness (QED) is 0.694. The van der Waals surface area contributed by atoms with Gasteiger partial charge in [0.15, 0.2) is 0 Å². The zero-order chi connectivity index (χ0) is 20.1. The fourth-order valence-electron chi connectivity index (χ4n) is 2.86. The first-order valence-corrected chi connectivity index (χ1v) is 9.13. The highest BCUT2D eigenvalue weighted by molar-refractivity contribution is 6.06. The van der Waals surface area contributed by atoms with Crippen molar-refractivity contribution in [3.63, 3.8) is 0 Å². The molecule has 0 saturated carbocycles. The summed E-state index contributed by atoms with van der Waals surface area (Å²) in [5.41, 5.74) is 4.46. The van der Waals surface area contributed by atoms with Gasteiger partial charge in [-0.2, -0.15) is 0 Å². The Kier molecular flexibility index (Phi) is 5.84. The number of hydrogen-bond acceptors (Lipinski definition) is 3. The molecular formula is C23H23N3O2. The van der Waals surface area contributed by atoms with E-state index in [2.05, 4.69) is 15.6 Å². The third kappa shape index (κ3) is 4.62. The Morgan fingerprint density at radius 3 is 2.29 bits per heavy atom. The van der Waals surface area contributed by atoms with Gasteiger partial charge in [0, 0.05) is 18.1 Å². The lowest BCUT2D eigenvalue weighted by Gasteiger charge is -2.14. The Bertz CT molecular complexity index is 1000. The molecule has 0 bridgehead atoms. The molecular weight excluding hydrogens is 350 g/mol. The molecule has 28 heavy (non-hydrogen) atoms. The topological polar surface area (TPSA) is 71.1 Å². The van der Waals surface area contributed by atoms with Crippen LogP contribution in [0.1, 0.15) is 50.4 Å². The molecule has 142 valence electrons. The Hall–Kier alpha value is -3.47. The van der Waals surface area contributed by atoms with Gasteiger partial charge in [-0.25, -0.2) is 0 Å². The first-order chi connectivity index (χ1) is 13.4. The minimum absolute atomic E-state index is 0.152. The Morgan fingerprint density at radius 1 is 0.893 bits per heavy atom. The Morgan fingerprint density at radius 2 is 1.57 bits per heavy atom. The minimum Gasteiger partial charge on any atom is -0.345 e. The Labute approximate surface area is 164 Å². The number of hydrogen-bond donors (Lipinski definition) is 2. The fourth-order valence-corrected chi connectivity index (χ4v) is 2.86. The van der Waals surface area contributed by atoms with Gasteiger partial charge in [-0.3, -0.25) is 14.6 Å². The SMILES string of the molecule is Cc1ccc(C)c(NC(=O)c2cncc(C(=O)NC(C)c3ccccc3)c2)c1. The maximum atomic E-state index is 12.6. The summed E-state index contributed by atoms with van der Waals surface area (Å²) in [6.07, 6.45) is 2.92. The third-order valence-corrected chi connectivity index (χ3v) is 4.55. The van der Waals surface area contributed by atoms with Crippen molar-refractivity contribution in [3.05, 3.63) is 94.8 Å². The van der Waals surface area contributed by atoms with Crippen molar-refractivity contribution in [2.24, 2.45) is 0 Å². The molecule has 5 nitrogen and oxygen atoms in total. The summed E-state index contributed by atoms with van der Waals surface area (Å²) < 4.78 is 0. The number of aryl methyl sites for hydroxylation is 2. The van der Waals surface area contributed by atoms with Crippen molar-refractivity contribution < 1.29 is 9.59 Å². The standard InChI is InChI=1S/C23H23N3O2/c1-15-9-10-16(2)21(11-15)26-23(28)20-12-19(13-24-14-20)22(27)25-17(3)18-7-5-4-6-8-18/h4-14,17H,1-3H3,(H,25,27)(H,26,28). The number of carbonyl (C=O) groups excluding carboxylic acids is 2. The molecule has 0 aliphatic carbocycles. The number of aromatic nitrogens is 1. The number of anilines is 1. The second kappa shape index (κ2) is 8.48. The van der Waals surface area contributed by atoms with Crippen molar-refractivity contribution in [1.82, 2.24) is 10.3 Å². The second-order valence-corrected chi connectivity index (χ2v) is 6.84. The highest BCUT2D eigenvalue weighted by atomic mass is 16.2. The molecule has 0 aliphatic heterocycles. The zero-order valence-electron chi connectivity index (χ0n) is 16.2. The monoisotopic (exact) mass is 373 g/mol. The van der Waals surface area contributed by atoms with E-state index in [0.29, 0.717) is 11.1 Å². The molecule has 3 rings (SSSR count). The number of nitrogens with zero attached hydrogens (tertiary/aromatic N) is 1. The zero-order valence-corrected chi connectivity index (χ0v) is 16.2. The summed E-state index contributed by atoms with van der Waals surface area (Å²) in [4.78, 5) is 29.3. The Balaban J connectivity index is 1.73. The molecule has 1 atom stereocenters. The molecule has 2 N–H and O–H groups in total. The normalized spacial score (nSPS) is 11.5. The van der Waals surface area contributed by atoms with Crippen LogP contribution in [0.2, 0.25) is 0 Å². The molecule has 1 aromatic heterocycles. The summed E-state index contributed by atoms with van der Waals surface area (Å²) in [6, 6.07) is 17.0. The molecule has 0 aliphatic rings. The summed E-state index contributed by atoms with van der Waals surface area (Å²) >= 11 is 0. The van der Waals surface area contributed by atoms with Crippen LogP contribution < -0.4 is 10.6 Å². The number of carbonyl (C=O) groups is 2. The van der Waals surface area contributed by atoms with Crippen LogP contribution >= 0.6 is 0 Å². The van der Waals surface area contributed by atoms with Crippen molar-refractivity contribution >= 4 is 17.5 Å². The summed E-state index contributed by atoms with van der Waals surface area (Å²) in [5, 5.41) is 5.82. The van der Waals surface area contributed by atoms with Crippen LogP contribution in [-0.4, -0.2) is 16.8 Å².